The van der Waals surface area contributed by atoms with Gasteiger partial charge in [-0.05, 0) is 51.6 Å². The first kappa shape index (κ1) is 21.3. The number of allylic oxidation sites excluding steroid dienone is 2. The highest BCUT2D eigenvalue weighted by atomic mass is 16.2. The lowest BCUT2D eigenvalue weighted by molar-refractivity contribution is -0.131. The van der Waals surface area contributed by atoms with Crippen molar-refractivity contribution in [2.24, 2.45) is 11.8 Å². The Bertz CT molecular complexity index is 568. The first-order valence-corrected chi connectivity index (χ1v) is 11.4. The summed E-state index contributed by atoms with van der Waals surface area (Å²) in [5.41, 5.74) is 1.75. The fourth-order valence-electron chi connectivity index (χ4n) is 4.90. The minimum Gasteiger partial charge on any atom is -0.334 e. The molecule has 1 saturated heterocycles. The zero-order valence-electron chi connectivity index (χ0n) is 17.9. The van der Waals surface area contributed by atoms with Crippen LogP contribution in [0.5, 0.6) is 0 Å². The molecule has 4 nitrogen and oxygen atoms in total. The van der Waals surface area contributed by atoms with Crippen molar-refractivity contribution in [1.82, 2.24) is 9.80 Å². The number of Topliss-reactive ketones (excluding diaryl/α,β-unsaturated/α-hetero) is 1. The molecule has 0 atom stereocenters. The third kappa shape index (κ3) is 6.04. The van der Waals surface area contributed by atoms with Gasteiger partial charge in [-0.25, -0.2) is 0 Å². The second kappa shape index (κ2) is 10.4. The van der Waals surface area contributed by atoms with Gasteiger partial charge >= 0.3 is 0 Å². The highest BCUT2D eigenvalue weighted by Crippen LogP contribution is 2.30. The average molecular weight is 387 g/mol. The summed E-state index contributed by atoms with van der Waals surface area (Å²) < 4.78 is 0. The second-order valence-corrected chi connectivity index (χ2v) is 9.31. The van der Waals surface area contributed by atoms with E-state index < -0.39 is 0 Å². The van der Waals surface area contributed by atoms with E-state index in [1.807, 2.05) is 23.9 Å². The van der Waals surface area contributed by atoms with Gasteiger partial charge in [-0.2, -0.15) is 0 Å². The lowest BCUT2D eigenvalue weighted by atomic mass is 9.83. The molecular formula is C24H38N2O2. The Kier molecular flexibility index (Phi) is 7.90. The number of likely N-dealkylation sites (tertiary alicyclic amines) is 1. The van der Waals surface area contributed by atoms with E-state index in [-0.39, 0.29) is 11.7 Å². The van der Waals surface area contributed by atoms with Crippen molar-refractivity contribution in [3.63, 3.8) is 0 Å². The van der Waals surface area contributed by atoms with Gasteiger partial charge in [0, 0.05) is 37.2 Å². The Balaban J connectivity index is 1.77. The molecule has 1 heterocycles. The number of carbonyl (C=O) groups is 2. The van der Waals surface area contributed by atoms with E-state index in [1.165, 1.54) is 64.2 Å². The van der Waals surface area contributed by atoms with Crippen LogP contribution in [0.3, 0.4) is 0 Å². The zero-order chi connectivity index (χ0) is 19.9. The van der Waals surface area contributed by atoms with Gasteiger partial charge in [-0.3, -0.25) is 9.59 Å². The average Bonchev–Trinajstić information content (AvgIpc) is 2.70. The summed E-state index contributed by atoms with van der Waals surface area (Å²) in [6.45, 7) is 1.76. The molecule has 0 aromatic heterocycles. The van der Waals surface area contributed by atoms with Crippen LogP contribution in [0.15, 0.2) is 23.3 Å². The monoisotopic (exact) mass is 386 g/mol. The zero-order valence-corrected chi connectivity index (χ0v) is 17.9. The summed E-state index contributed by atoms with van der Waals surface area (Å²) in [5, 5.41) is 0. The minimum atomic E-state index is 0.172. The van der Waals surface area contributed by atoms with Crippen molar-refractivity contribution in [3.05, 3.63) is 23.3 Å². The van der Waals surface area contributed by atoms with E-state index >= 15 is 0 Å². The van der Waals surface area contributed by atoms with Crippen molar-refractivity contribution in [3.8, 4) is 0 Å². The Labute approximate surface area is 171 Å². The van der Waals surface area contributed by atoms with Gasteiger partial charge < -0.3 is 9.80 Å². The molecule has 0 unspecified atom stereocenters. The molecule has 28 heavy (non-hydrogen) atoms. The number of piperidine rings is 1. The predicted octanol–water partition coefficient (Wildman–Crippen LogP) is 4.36. The molecule has 156 valence electrons. The third-order valence-corrected chi connectivity index (χ3v) is 6.60. The maximum Gasteiger partial charge on any atom is 0.224 e. The summed E-state index contributed by atoms with van der Waals surface area (Å²) in [6, 6.07) is 0. The molecule has 3 rings (SSSR count). The molecular weight excluding hydrogens is 348 g/mol. The topological polar surface area (TPSA) is 40.6 Å². The van der Waals surface area contributed by atoms with Crippen LogP contribution in [0.1, 0.15) is 70.6 Å². The van der Waals surface area contributed by atoms with Crippen molar-refractivity contribution in [2.45, 2.75) is 70.6 Å². The van der Waals surface area contributed by atoms with Crippen molar-refractivity contribution in [2.75, 3.05) is 33.7 Å². The second-order valence-electron chi connectivity index (χ2n) is 9.31. The number of rotatable bonds is 5. The van der Waals surface area contributed by atoms with Gasteiger partial charge in [-0.15, -0.1) is 0 Å². The predicted molar refractivity (Wildman–Crippen MR) is 114 cm³/mol. The maximum atomic E-state index is 13.2. The van der Waals surface area contributed by atoms with Crippen LogP contribution in [-0.2, 0) is 9.59 Å². The Hall–Kier alpha value is -1.42. The van der Waals surface area contributed by atoms with Crippen LogP contribution in [-0.4, -0.2) is 55.2 Å². The van der Waals surface area contributed by atoms with E-state index in [0.29, 0.717) is 31.3 Å². The normalized spacial score (nSPS) is 25.8. The van der Waals surface area contributed by atoms with Gasteiger partial charge in [0.25, 0.3) is 0 Å². The molecule has 0 radical (unpaired) electrons. The first-order chi connectivity index (χ1) is 13.5. The number of amides is 1. The molecule has 2 aliphatic carbocycles. The fourth-order valence-corrected chi connectivity index (χ4v) is 4.90. The molecule has 0 bridgehead atoms. The molecule has 0 aromatic rings. The van der Waals surface area contributed by atoms with E-state index in [1.54, 1.807) is 0 Å². The summed E-state index contributed by atoms with van der Waals surface area (Å²) in [6.07, 6.45) is 17.4. The van der Waals surface area contributed by atoms with Crippen LogP contribution in [0, 0.1) is 11.8 Å². The van der Waals surface area contributed by atoms with E-state index in [4.69, 9.17) is 0 Å². The molecule has 2 saturated carbocycles. The number of hydrogen-bond donors (Lipinski definition) is 0. The van der Waals surface area contributed by atoms with Crippen molar-refractivity contribution < 1.29 is 9.59 Å². The van der Waals surface area contributed by atoms with Gasteiger partial charge in [0.05, 0.1) is 0 Å². The van der Waals surface area contributed by atoms with Crippen LogP contribution in [0.25, 0.3) is 0 Å². The highest BCUT2D eigenvalue weighted by Gasteiger charge is 2.30. The van der Waals surface area contributed by atoms with Gasteiger partial charge in [-0.1, -0.05) is 50.7 Å². The van der Waals surface area contributed by atoms with E-state index in [2.05, 4.69) is 12.2 Å². The Morgan fingerprint density at radius 3 is 1.79 bits per heavy atom. The standard InChI is InChI=1S/C24H38N2O2/c1-25(2)14-13-23(27)26-17-21(15-19-9-5-3-6-10-19)24(28)22(18-26)16-20-11-7-4-8-12-20/h15-16,19-20H,3-14,17-18H2,1-2H3/b21-15+,22-16+. The molecule has 0 aromatic carbocycles. The molecule has 4 heteroatoms. The molecule has 0 N–H and O–H groups in total. The van der Waals surface area contributed by atoms with Crippen molar-refractivity contribution >= 4 is 11.7 Å². The summed E-state index contributed by atoms with van der Waals surface area (Å²) >= 11 is 0. The SMILES string of the molecule is CN(C)CCC(=O)N1C/C(=C\C2CCCCC2)C(=O)/C(=C/C2CCCCC2)C1. The molecule has 1 aliphatic heterocycles. The quantitative estimate of drug-likeness (QED) is 0.659. The molecule has 1 amide bonds. The molecule has 0 spiro atoms. The van der Waals surface area contributed by atoms with Crippen LogP contribution < -0.4 is 0 Å². The van der Waals surface area contributed by atoms with Gasteiger partial charge in [0.1, 0.15) is 0 Å². The number of hydrogen-bond acceptors (Lipinski definition) is 3. The van der Waals surface area contributed by atoms with E-state index in [9.17, 15) is 9.59 Å². The van der Waals surface area contributed by atoms with Crippen molar-refractivity contribution in [1.29, 1.82) is 0 Å². The highest BCUT2D eigenvalue weighted by molar-refractivity contribution is 6.10. The first-order valence-electron chi connectivity index (χ1n) is 11.4. The van der Waals surface area contributed by atoms with Crippen LogP contribution in [0.2, 0.25) is 0 Å². The largest absolute Gasteiger partial charge is 0.334 e. The number of carbonyl (C=O) groups excluding carboxylic acids is 2. The van der Waals surface area contributed by atoms with Gasteiger partial charge in [0.2, 0.25) is 5.91 Å². The van der Waals surface area contributed by atoms with Crippen LogP contribution >= 0.6 is 0 Å². The fraction of sp³-hybridized carbons (Fsp3) is 0.750. The van der Waals surface area contributed by atoms with Crippen LogP contribution in [0.4, 0.5) is 0 Å². The molecule has 3 aliphatic rings. The summed E-state index contributed by atoms with van der Waals surface area (Å²) in [5.74, 6) is 1.42. The maximum absolute atomic E-state index is 13.2. The lowest BCUT2D eigenvalue weighted by Gasteiger charge is -2.32. The number of ketones is 1. The Morgan fingerprint density at radius 1 is 0.893 bits per heavy atom. The smallest absolute Gasteiger partial charge is 0.224 e. The van der Waals surface area contributed by atoms with E-state index in [0.717, 1.165) is 17.7 Å². The third-order valence-electron chi connectivity index (χ3n) is 6.60. The Morgan fingerprint density at radius 2 is 1.36 bits per heavy atom. The summed E-state index contributed by atoms with van der Waals surface area (Å²) in [7, 11) is 3.99. The van der Waals surface area contributed by atoms with Gasteiger partial charge in [0.15, 0.2) is 5.78 Å². The molecule has 3 fully saturated rings. The lowest BCUT2D eigenvalue weighted by Crippen LogP contribution is -2.43. The summed E-state index contributed by atoms with van der Waals surface area (Å²) in [4.78, 5) is 30.0. The number of nitrogens with zero attached hydrogens (tertiary/aromatic N) is 2. The minimum absolute atomic E-state index is 0.172.